The van der Waals surface area contributed by atoms with Gasteiger partial charge >= 0.3 is 0 Å². The van der Waals surface area contributed by atoms with Gasteiger partial charge in [-0.25, -0.2) is 0 Å². The van der Waals surface area contributed by atoms with E-state index in [4.69, 9.17) is 0 Å². The molecule has 1 rings (SSSR count). The smallest absolute Gasteiger partial charge is 0.0338 e. The number of nitrogens with zero attached hydrogens (tertiary/aromatic N) is 1. The third-order valence-electron chi connectivity index (χ3n) is 1.20. The van der Waals surface area contributed by atoms with E-state index in [1.165, 1.54) is 0 Å². The minimum absolute atomic E-state index is 1.01. The molecule has 0 saturated carbocycles. The zero-order chi connectivity index (χ0) is 6.85. The van der Waals surface area contributed by atoms with Crippen LogP contribution in [0.1, 0.15) is 0 Å². The molecular formula is C7H8BrN. The number of allylic oxidation sites excluding steroid dienone is 3. The lowest BCUT2D eigenvalue weighted by molar-refractivity contribution is 0.586. The van der Waals surface area contributed by atoms with E-state index in [1.54, 1.807) is 0 Å². The maximum absolute atomic E-state index is 3.80. The maximum Gasteiger partial charge on any atom is 0.0338 e. The first kappa shape index (κ1) is 6.62. The minimum Gasteiger partial charge on any atom is -0.350 e. The van der Waals surface area contributed by atoms with Gasteiger partial charge in [-0.2, -0.15) is 0 Å². The second-order valence-electron chi connectivity index (χ2n) is 1.95. The molecule has 1 aliphatic rings. The van der Waals surface area contributed by atoms with Crippen molar-refractivity contribution in [2.45, 2.75) is 0 Å². The molecule has 0 aliphatic carbocycles. The lowest BCUT2D eigenvalue weighted by Crippen LogP contribution is -2.09. The molecule has 9 heavy (non-hydrogen) atoms. The van der Waals surface area contributed by atoms with E-state index < -0.39 is 0 Å². The maximum atomic E-state index is 3.80. The SMILES string of the molecule is C=C1C=CC(Br)=CN1C. The predicted molar refractivity (Wildman–Crippen MR) is 43.1 cm³/mol. The van der Waals surface area contributed by atoms with Gasteiger partial charge in [0.15, 0.2) is 0 Å². The summed E-state index contributed by atoms with van der Waals surface area (Å²) in [5.74, 6) is 0. The molecule has 1 heterocycles. The Hall–Kier alpha value is -0.500. The molecule has 0 aromatic heterocycles. The van der Waals surface area contributed by atoms with E-state index in [0.717, 1.165) is 10.2 Å². The van der Waals surface area contributed by atoms with Crippen LogP contribution in [0.25, 0.3) is 0 Å². The minimum atomic E-state index is 1.01. The van der Waals surface area contributed by atoms with Crippen molar-refractivity contribution in [1.29, 1.82) is 0 Å². The van der Waals surface area contributed by atoms with Gasteiger partial charge in [-0.3, -0.25) is 0 Å². The molecule has 0 saturated heterocycles. The number of rotatable bonds is 0. The summed E-state index contributed by atoms with van der Waals surface area (Å²) in [6, 6.07) is 0. The number of halogens is 1. The monoisotopic (exact) mass is 185 g/mol. The third-order valence-corrected chi connectivity index (χ3v) is 1.67. The number of hydrogen-bond donors (Lipinski definition) is 0. The summed E-state index contributed by atoms with van der Waals surface area (Å²) in [6.45, 7) is 3.80. The average molecular weight is 186 g/mol. The van der Waals surface area contributed by atoms with Crippen molar-refractivity contribution in [3.8, 4) is 0 Å². The molecule has 0 fully saturated rings. The Labute approximate surface area is 63.5 Å². The van der Waals surface area contributed by atoms with E-state index >= 15 is 0 Å². The zero-order valence-corrected chi connectivity index (χ0v) is 6.85. The zero-order valence-electron chi connectivity index (χ0n) is 5.26. The molecule has 0 N–H and O–H groups in total. The lowest BCUT2D eigenvalue weighted by Gasteiger charge is -2.17. The van der Waals surface area contributed by atoms with Crippen LogP contribution >= 0.6 is 15.9 Å². The Kier molecular flexibility index (Phi) is 1.76. The van der Waals surface area contributed by atoms with Crippen molar-refractivity contribution in [3.63, 3.8) is 0 Å². The first-order chi connectivity index (χ1) is 4.20. The van der Waals surface area contributed by atoms with Crippen molar-refractivity contribution < 1.29 is 0 Å². The molecular weight excluding hydrogens is 178 g/mol. The van der Waals surface area contributed by atoms with Gasteiger partial charge in [0, 0.05) is 23.4 Å². The van der Waals surface area contributed by atoms with Crippen LogP contribution < -0.4 is 0 Å². The summed E-state index contributed by atoms with van der Waals surface area (Å²) in [6.07, 6.45) is 5.91. The first-order valence-corrected chi connectivity index (χ1v) is 3.46. The molecule has 0 amide bonds. The molecule has 2 heteroatoms. The van der Waals surface area contributed by atoms with Crippen LogP contribution in [0.15, 0.2) is 35.1 Å². The summed E-state index contributed by atoms with van der Waals surface area (Å²) in [4.78, 5) is 1.96. The van der Waals surface area contributed by atoms with E-state index in [-0.39, 0.29) is 0 Å². The summed E-state index contributed by atoms with van der Waals surface area (Å²) in [5, 5.41) is 0. The Morgan fingerprint density at radius 2 is 2.22 bits per heavy atom. The van der Waals surface area contributed by atoms with Gasteiger partial charge < -0.3 is 4.90 Å². The van der Waals surface area contributed by atoms with Crippen molar-refractivity contribution in [1.82, 2.24) is 4.90 Å². The van der Waals surface area contributed by atoms with Crippen LogP contribution in [-0.4, -0.2) is 11.9 Å². The van der Waals surface area contributed by atoms with Crippen LogP contribution in [0, 0.1) is 0 Å². The molecule has 0 radical (unpaired) electrons. The molecule has 1 nitrogen and oxygen atoms in total. The van der Waals surface area contributed by atoms with Gasteiger partial charge in [-0.05, 0) is 28.1 Å². The standard InChI is InChI=1S/C7H8BrN/c1-6-3-4-7(8)5-9(6)2/h3-5H,1H2,2H3. The summed E-state index contributed by atoms with van der Waals surface area (Å²) in [7, 11) is 1.97. The molecule has 0 bridgehead atoms. The third kappa shape index (κ3) is 1.45. The van der Waals surface area contributed by atoms with Crippen LogP contribution in [-0.2, 0) is 0 Å². The van der Waals surface area contributed by atoms with E-state index in [0.29, 0.717) is 0 Å². The summed E-state index contributed by atoms with van der Waals surface area (Å²) in [5.41, 5.74) is 1.01. The Bertz CT molecular complexity index is 191. The number of hydrogen-bond acceptors (Lipinski definition) is 1. The molecule has 0 aromatic carbocycles. The highest BCUT2D eigenvalue weighted by molar-refractivity contribution is 9.11. The molecule has 0 unspecified atom stereocenters. The Morgan fingerprint density at radius 3 is 2.67 bits per heavy atom. The van der Waals surface area contributed by atoms with Gasteiger partial charge in [-0.15, -0.1) is 0 Å². The summed E-state index contributed by atoms with van der Waals surface area (Å²) < 4.78 is 1.08. The highest BCUT2D eigenvalue weighted by Crippen LogP contribution is 2.16. The summed E-state index contributed by atoms with van der Waals surface area (Å²) >= 11 is 3.35. The first-order valence-electron chi connectivity index (χ1n) is 2.67. The Morgan fingerprint density at radius 1 is 1.56 bits per heavy atom. The molecule has 0 aromatic rings. The van der Waals surface area contributed by atoms with Crippen LogP contribution in [0.4, 0.5) is 0 Å². The van der Waals surface area contributed by atoms with Crippen molar-refractivity contribution in [3.05, 3.63) is 35.1 Å². The fraction of sp³-hybridized carbons (Fsp3) is 0.143. The average Bonchev–Trinajstić information content (AvgIpc) is 1.80. The van der Waals surface area contributed by atoms with Gasteiger partial charge in [0.05, 0.1) is 0 Å². The largest absolute Gasteiger partial charge is 0.350 e. The van der Waals surface area contributed by atoms with Crippen molar-refractivity contribution in [2.75, 3.05) is 7.05 Å². The van der Waals surface area contributed by atoms with E-state index in [2.05, 4.69) is 22.5 Å². The molecule has 1 aliphatic heterocycles. The van der Waals surface area contributed by atoms with Crippen molar-refractivity contribution >= 4 is 15.9 Å². The lowest BCUT2D eigenvalue weighted by atomic mass is 10.3. The quantitative estimate of drug-likeness (QED) is 0.560. The molecule has 48 valence electrons. The predicted octanol–water partition coefficient (Wildman–Crippen LogP) is 2.24. The normalized spacial score (nSPS) is 18.2. The molecule has 0 spiro atoms. The van der Waals surface area contributed by atoms with E-state index in [9.17, 15) is 0 Å². The van der Waals surface area contributed by atoms with Gasteiger partial charge in [0.1, 0.15) is 0 Å². The fourth-order valence-corrected chi connectivity index (χ4v) is 1.04. The molecule has 0 atom stereocenters. The van der Waals surface area contributed by atoms with Crippen LogP contribution in [0.2, 0.25) is 0 Å². The topological polar surface area (TPSA) is 3.24 Å². The van der Waals surface area contributed by atoms with Crippen LogP contribution in [0.3, 0.4) is 0 Å². The van der Waals surface area contributed by atoms with E-state index in [1.807, 2.05) is 30.3 Å². The highest BCUT2D eigenvalue weighted by atomic mass is 79.9. The highest BCUT2D eigenvalue weighted by Gasteiger charge is 1.99. The van der Waals surface area contributed by atoms with Gasteiger partial charge in [0.2, 0.25) is 0 Å². The van der Waals surface area contributed by atoms with Gasteiger partial charge in [0.25, 0.3) is 0 Å². The van der Waals surface area contributed by atoms with Crippen LogP contribution in [0.5, 0.6) is 0 Å². The van der Waals surface area contributed by atoms with Crippen molar-refractivity contribution in [2.24, 2.45) is 0 Å². The second kappa shape index (κ2) is 2.40. The second-order valence-corrected chi connectivity index (χ2v) is 2.87. The number of likely N-dealkylation sites (N-methyl/N-ethyl adjacent to an activating group) is 1. The van der Waals surface area contributed by atoms with Gasteiger partial charge in [-0.1, -0.05) is 6.58 Å². The fourth-order valence-electron chi connectivity index (χ4n) is 0.604. The Balaban J connectivity index is 2.82.